The van der Waals surface area contributed by atoms with Crippen molar-refractivity contribution in [3.05, 3.63) is 17.6 Å². The zero-order chi connectivity index (χ0) is 13.5. The summed E-state index contributed by atoms with van der Waals surface area (Å²) in [4.78, 5) is 7.75. The molecule has 0 aliphatic carbocycles. The Kier molecular flexibility index (Phi) is 3.19. The minimum Gasteiger partial charge on any atom is -0.390 e. The molecule has 1 aromatic rings. The zero-order valence-electron chi connectivity index (χ0n) is 9.57. The molecule has 0 bridgehead atoms. The Morgan fingerprint density at radius 2 is 2.11 bits per heavy atom. The van der Waals surface area contributed by atoms with E-state index in [1.807, 2.05) is 0 Å². The third kappa shape index (κ3) is 2.27. The summed E-state index contributed by atoms with van der Waals surface area (Å²) in [6, 6.07) is 0. The Morgan fingerprint density at radius 1 is 1.44 bits per heavy atom. The van der Waals surface area contributed by atoms with Gasteiger partial charge in [0, 0.05) is 0 Å². The molecule has 3 atom stereocenters. The molecule has 100 valence electrons. The van der Waals surface area contributed by atoms with E-state index in [-0.39, 0.29) is 17.2 Å². The number of nitrogens with zero attached hydrogens (tertiary/aromatic N) is 2. The lowest BCUT2D eigenvalue weighted by Gasteiger charge is -2.33. The largest absolute Gasteiger partial charge is 0.390 e. The molecular weight excluding hydrogens is 242 g/mol. The number of nitrogens with one attached hydrogen (secondary N) is 2. The van der Waals surface area contributed by atoms with E-state index in [0.717, 1.165) is 6.20 Å². The molecule has 1 aliphatic rings. The first kappa shape index (κ1) is 13.1. The summed E-state index contributed by atoms with van der Waals surface area (Å²) < 4.78 is 0. The Hall–Kier alpha value is -1.36. The van der Waals surface area contributed by atoms with Crippen LogP contribution < -0.4 is 16.4 Å². The van der Waals surface area contributed by atoms with E-state index >= 15 is 0 Å². The van der Waals surface area contributed by atoms with Gasteiger partial charge in [0.1, 0.15) is 12.4 Å². The van der Waals surface area contributed by atoms with Gasteiger partial charge in [-0.15, -0.1) is 0 Å². The molecule has 0 saturated carbocycles. The van der Waals surface area contributed by atoms with Crippen LogP contribution in [-0.4, -0.2) is 42.8 Å². The SMILES string of the molecule is CC(O)C(O)c1cnc2c(n1)NC(N)NC2(O)O. The van der Waals surface area contributed by atoms with E-state index in [1.54, 1.807) is 0 Å². The molecule has 2 rings (SSSR count). The van der Waals surface area contributed by atoms with Gasteiger partial charge in [0.2, 0.25) is 0 Å². The molecule has 0 spiro atoms. The van der Waals surface area contributed by atoms with E-state index < -0.39 is 24.4 Å². The Bertz CT molecular complexity index is 453. The lowest BCUT2D eigenvalue weighted by atomic mass is 10.1. The van der Waals surface area contributed by atoms with Gasteiger partial charge in [-0.05, 0) is 6.92 Å². The predicted molar refractivity (Wildman–Crippen MR) is 59.5 cm³/mol. The fourth-order valence-corrected chi connectivity index (χ4v) is 1.62. The predicted octanol–water partition coefficient (Wildman–Crippen LogP) is -2.76. The van der Waals surface area contributed by atoms with Gasteiger partial charge in [0.25, 0.3) is 5.91 Å². The monoisotopic (exact) mass is 257 g/mol. The van der Waals surface area contributed by atoms with Crippen molar-refractivity contribution in [2.45, 2.75) is 31.3 Å². The summed E-state index contributed by atoms with van der Waals surface area (Å²) in [5.41, 5.74) is 5.43. The second-order valence-electron chi connectivity index (χ2n) is 4.12. The van der Waals surface area contributed by atoms with Crippen molar-refractivity contribution >= 4 is 5.82 Å². The van der Waals surface area contributed by atoms with Crippen LogP contribution in [0, 0.1) is 0 Å². The van der Waals surface area contributed by atoms with Crippen molar-refractivity contribution in [2.24, 2.45) is 5.73 Å². The highest BCUT2D eigenvalue weighted by atomic mass is 16.5. The molecule has 9 heteroatoms. The first-order valence-corrected chi connectivity index (χ1v) is 5.29. The van der Waals surface area contributed by atoms with Crippen molar-refractivity contribution in [1.29, 1.82) is 0 Å². The number of hydrogen-bond donors (Lipinski definition) is 7. The number of anilines is 1. The third-order valence-corrected chi connectivity index (χ3v) is 2.53. The van der Waals surface area contributed by atoms with Crippen LogP contribution in [0.15, 0.2) is 6.20 Å². The van der Waals surface area contributed by atoms with Crippen LogP contribution in [-0.2, 0) is 5.91 Å². The highest BCUT2D eigenvalue weighted by Crippen LogP contribution is 2.26. The van der Waals surface area contributed by atoms with E-state index in [2.05, 4.69) is 20.6 Å². The number of fused-ring (bicyclic) bond motifs is 1. The van der Waals surface area contributed by atoms with E-state index in [1.165, 1.54) is 6.92 Å². The van der Waals surface area contributed by atoms with Crippen molar-refractivity contribution in [3.63, 3.8) is 0 Å². The van der Waals surface area contributed by atoms with Crippen molar-refractivity contribution in [1.82, 2.24) is 15.3 Å². The fourth-order valence-electron chi connectivity index (χ4n) is 1.62. The molecule has 1 aliphatic heterocycles. The number of aromatic nitrogens is 2. The number of aliphatic hydroxyl groups is 4. The molecule has 2 heterocycles. The first-order chi connectivity index (χ1) is 8.31. The second-order valence-corrected chi connectivity index (χ2v) is 4.12. The van der Waals surface area contributed by atoms with Crippen LogP contribution in [0.5, 0.6) is 0 Å². The highest BCUT2D eigenvalue weighted by molar-refractivity contribution is 5.45. The number of aliphatic hydroxyl groups excluding tert-OH is 2. The summed E-state index contributed by atoms with van der Waals surface area (Å²) >= 11 is 0. The zero-order valence-corrected chi connectivity index (χ0v) is 9.57. The van der Waals surface area contributed by atoms with Crippen LogP contribution in [0.2, 0.25) is 0 Å². The van der Waals surface area contributed by atoms with Gasteiger partial charge in [-0.3, -0.25) is 5.73 Å². The number of hydrogen-bond acceptors (Lipinski definition) is 9. The van der Waals surface area contributed by atoms with Crippen LogP contribution in [0.1, 0.15) is 24.4 Å². The third-order valence-electron chi connectivity index (χ3n) is 2.53. The molecule has 0 radical (unpaired) electrons. The molecule has 3 unspecified atom stereocenters. The molecule has 8 N–H and O–H groups in total. The Labute approximate surface area is 102 Å². The fraction of sp³-hybridized carbons (Fsp3) is 0.556. The Morgan fingerprint density at radius 3 is 2.72 bits per heavy atom. The van der Waals surface area contributed by atoms with Gasteiger partial charge in [0.05, 0.1) is 18.0 Å². The first-order valence-electron chi connectivity index (χ1n) is 5.29. The smallest absolute Gasteiger partial charge is 0.274 e. The van der Waals surface area contributed by atoms with Gasteiger partial charge in [-0.1, -0.05) is 0 Å². The lowest BCUT2D eigenvalue weighted by molar-refractivity contribution is -0.205. The summed E-state index contributed by atoms with van der Waals surface area (Å²) in [7, 11) is 0. The lowest BCUT2D eigenvalue weighted by Crippen LogP contribution is -2.59. The molecule has 1 aromatic heterocycles. The van der Waals surface area contributed by atoms with Gasteiger partial charge >= 0.3 is 0 Å². The summed E-state index contributed by atoms with van der Waals surface area (Å²) in [5, 5.41) is 43.1. The van der Waals surface area contributed by atoms with E-state index in [9.17, 15) is 20.4 Å². The van der Waals surface area contributed by atoms with Crippen LogP contribution >= 0.6 is 0 Å². The second kappa shape index (κ2) is 4.39. The van der Waals surface area contributed by atoms with Gasteiger partial charge < -0.3 is 25.7 Å². The van der Waals surface area contributed by atoms with E-state index in [0.29, 0.717) is 0 Å². The average molecular weight is 257 g/mol. The summed E-state index contributed by atoms with van der Waals surface area (Å²) in [6.45, 7) is 1.40. The summed E-state index contributed by atoms with van der Waals surface area (Å²) in [5.74, 6) is -2.37. The van der Waals surface area contributed by atoms with Gasteiger partial charge in [-0.25, -0.2) is 15.3 Å². The van der Waals surface area contributed by atoms with Crippen LogP contribution in [0.25, 0.3) is 0 Å². The van der Waals surface area contributed by atoms with Crippen LogP contribution in [0.4, 0.5) is 5.82 Å². The topological polar surface area (TPSA) is 157 Å². The standard InChI is InChI=1S/C9H15N5O4/c1-3(15)5(16)4-2-11-6-7(12-4)13-8(10)14-9(6,17)18/h2-3,5,8,14-18H,10H2,1H3,(H,12,13). The minimum absolute atomic E-state index is 0.0310. The molecule has 0 aromatic carbocycles. The molecule has 18 heavy (non-hydrogen) atoms. The molecule has 0 fully saturated rings. The molecule has 0 amide bonds. The quantitative estimate of drug-likeness (QED) is 0.279. The highest BCUT2D eigenvalue weighted by Gasteiger charge is 2.38. The molecule has 0 saturated heterocycles. The maximum atomic E-state index is 9.65. The maximum Gasteiger partial charge on any atom is 0.274 e. The van der Waals surface area contributed by atoms with Crippen LogP contribution in [0.3, 0.4) is 0 Å². The average Bonchev–Trinajstić information content (AvgIpc) is 2.25. The molecular formula is C9H15N5O4. The Balaban J connectivity index is 2.41. The van der Waals surface area contributed by atoms with E-state index in [4.69, 9.17) is 5.73 Å². The normalized spacial score (nSPS) is 24.9. The number of nitrogens with two attached hydrogens (primary N) is 1. The van der Waals surface area contributed by atoms with Crippen molar-refractivity contribution in [3.8, 4) is 0 Å². The minimum atomic E-state index is -2.40. The maximum absolute atomic E-state index is 9.65. The van der Waals surface area contributed by atoms with Gasteiger partial charge in [0.15, 0.2) is 11.5 Å². The molecule has 9 nitrogen and oxygen atoms in total. The number of rotatable bonds is 2. The summed E-state index contributed by atoms with van der Waals surface area (Å²) in [6.07, 6.45) is -2.03. The van der Waals surface area contributed by atoms with Crippen molar-refractivity contribution < 1.29 is 20.4 Å². The van der Waals surface area contributed by atoms with Crippen molar-refractivity contribution in [2.75, 3.05) is 5.32 Å². The van der Waals surface area contributed by atoms with Gasteiger partial charge in [-0.2, -0.15) is 0 Å².